The Morgan fingerprint density at radius 3 is 2.40 bits per heavy atom. The maximum atomic E-state index is 13.2. The Morgan fingerprint density at radius 2 is 1.82 bits per heavy atom. The molecule has 3 heterocycles. The number of amides is 4. The smallest absolute Gasteiger partial charge is 0.362 e. The number of nitrogens with one attached hydrogen (secondary N) is 3. The molecule has 0 saturated carbocycles. The van der Waals surface area contributed by atoms with E-state index in [1.165, 1.54) is 29.6 Å². The molecular formula is C27H28N8O13S2. The quantitative estimate of drug-likeness (QED) is 0.0326. The van der Waals surface area contributed by atoms with Gasteiger partial charge in [-0.2, -0.15) is 13.1 Å². The van der Waals surface area contributed by atoms with E-state index in [1.54, 1.807) is 0 Å². The molecule has 1 saturated heterocycles. The molecule has 0 unspecified atom stereocenters. The number of thiazole rings is 1. The van der Waals surface area contributed by atoms with E-state index in [0.717, 1.165) is 31.3 Å². The summed E-state index contributed by atoms with van der Waals surface area (Å²) in [7, 11) is -5.14. The van der Waals surface area contributed by atoms with Gasteiger partial charge in [-0.05, 0) is 31.5 Å². The SMILES string of the molecule is CC(C)(O/N=C(\C(=O)N[C@@H]1C(=O)N(S(=O)(=O)O)[C@@H]1CNC(=O)Cc1ccc(NC(=O)c2cc(=O)c(O)cn2O)cc1)c1csc(N)n1)C(=O)O. The molecule has 23 heteroatoms. The van der Waals surface area contributed by atoms with Crippen molar-refractivity contribution < 1.29 is 57.2 Å². The summed E-state index contributed by atoms with van der Waals surface area (Å²) in [6.07, 6.45) is 0.361. The minimum absolute atomic E-state index is 0.00243. The molecule has 4 rings (SSSR count). The Labute approximate surface area is 284 Å². The highest BCUT2D eigenvalue weighted by Gasteiger charge is 2.54. The highest BCUT2D eigenvalue weighted by molar-refractivity contribution is 7.84. The lowest BCUT2D eigenvalue weighted by atomic mass is 9.98. The Kier molecular flexibility index (Phi) is 10.4. The predicted molar refractivity (Wildman–Crippen MR) is 171 cm³/mol. The van der Waals surface area contributed by atoms with Crippen LogP contribution in [0.1, 0.15) is 35.6 Å². The highest BCUT2D eigenvalue weighted by Crippen LogP contribution is 2.24. The van der Waals surface area contributed by atoms with Crippen LogP contribution in [-0.2, 0) is 40.7 Å². The third-order valence-corrected chi connectivity index (χ3v) is 8.52. The van der Waals surface area contributed by atoms with Crippen LogP contribution in [-0.4, -0.2) is 102 Å². The molecule has 1 aliphatic heterocycles. The Balaban J connectivity index is 1.42. The molecule has 9 N–H and O–H groups in total. The summed E-state index contributed by atoms with van der Waals surface area (Å²) in [5.41, 5.74) is 2.20. The molecule has 3 aromatic rings. The van der Waals surface area contributed by atoms with Gasteiger partial charge < -0.3 is 41.9 Å². The minimum atomic E-state index is -5.14. The van der Waals surface area contributed by atoms with Crippen molar-refractivity contribution in [3.63, 3.8) is 0 Å². The number of carboxylic acid groups (broad SMARTS) is 1. The van der Waals surface area contributed by atoms with Gasteiger partial charge in [-0.1, -0.05) is 17.3 Å². The number of hydrogen-bond acceptors (Lipinski definition) is 15. The van der Waals surface area contributed by atoms with Crippen molar-refractivity contribution in [1.82, 2.24) is 24.7 Å². The molecule has 2 atom stereocenters. The van der Waals surface area contributed by atoms with Crippen LogP contribution < -0.4 is 27.1 Å². The number of nitrogens with two attached hydrogens (primary N) is 1. The second-order valence-electron chi connectivity index (χ2n) is 10.9. The van der Waals surface area contributed by atoms with Crippen LogP contribution in [0, 0.1) is 0 Å². The number of aromatic hydroxyl groups is 1. The van der Waals surface area contributed by atoms with E-state index in [2.05, 4.69) is 26.1 Å². The van der Waals surface area contributed by atoms with Crippen molar-refractivity contribution >= 4 is 67.8 Å². The number of β-lactam (4-membered cyclic amide) rings is 1. The van der Waals surface area contributed by atoms with Crippen molar-refractivity contribution in [3.8, 4) is 5.75 Å². The van der Waals surface area contributed by atoms with Crippen LogP contribution in [0.2, 0.25) is 0 Å². The van der Waals surface area contributed by atoms with E-state index in [0.29, 0.717) is 11.8 Å². The maximum Gasteiger partial charge on any atom is 0.362 e. The van der Waals surface area contributed by atoms with Crippen molar-refractivity contribution in [1.29, 1.82) is 0 Å². The number of nitrogen functional groups attached to an aromatic ring is 1. The van der Waals surface area contributed by atoms with Gasteiger partial charge in [-0.15, -0.1) is 11.3 Å². The number of anilines is 2. The molecule has 0 bridgehead atoms. The van der Waals surface area contributed by atoms with Crippen LogP contribution in [0.4, 0.5) is 10.8 Å². The number of aromatic nitrogens is 2. The van der Waals surface area contributed by atoms with Gasteiger partial charge in [0, 0.05) is 23.7 Å². The van der Waals surface area contributed by atoms with Crippen LogP contribution in [0.3, 0.4) is 0 Å². The largest absolute Gasteiger partial charge is 0.503 e. The topological polar surface area (TPSA) is 322 Å². The summed E-state index contributed by atoms with van der Waals surface area (Å²) in [5.74, 6) is -6.18. The Bertz CT molecular complexity index is 2060. The van der Waals surface area contributed by atoms with Crippen LogP contribution in [0.25, 0.3) is 0 Å². The molecule has 266 valence electrons. The van der Waals surface area contributed by atoms with Crippen molar-refractivity contribution in [2.45, 2.75) is 38.0 Å². The molecule has 0 radical (unpaired) electrons. The van der Waals surface area contributed by atoms with Gasteiger partial charge >= 0.3 is 16.3 Å². The number of benzene rings is 1. The average molecular weight is 737 g/mol. The Hall–Kier alpha value is -6.07. The van der Waals surface area contributed by atoms with E-state index in [4.69, 9.17) is 10.6 Å². The Morgan fingerprint density at radius 1 is 1.16 bits per heavy atom. The van der Waals surface area contributed by atoms with Crippen LogP contribution in [0.15, 0.2) is 51.9 Å². The van der Waals surface area contributed by atoms with E-state index in [-0.39, 0.29) is 32.0 Å². The molecule has 50 heavy (non-hydrogen) atoms. The van der Waals surface area contributed by atoms with Crippen molar-refractivity contribution in [2.24, 2.45) is 5.16 Å². The lowest BCUT2D eigenvalue weighted by molar-refractivity contribution is -0.161. The van der Waals surface area contributed by atoms with Gasteiger partial charge in [0.05, 0.1) is 18.7 Å². The summed E-state index contributed by atoms with van der Waals surface area (Å²) in [5, 5.41) is 40.4. The molecule has 0 spiro atoms. The van der Waals surface area contributed by atoms with E-state index < -0.39 is 86.7 Å². The zero-order chi connectivity index (χ0) is 37.1. The zero-order valence-corrected chi connectivity index (χ0v) is 27.4. The summed E-state index contributed by atoms with van der Waals surface area (Å²) in [4.78, 5) is 83.0. The third-order valence-electron chi connectivity index (χ3n) is 6.89. The first kappa shape index (κ1) is 36.8. The summed E-state index contributed by atoms with van der Waals surface area (Å²) >= 11 is 0.901. The summed E-state index contributed by atoms with van der Waals surface area (Å²) in [6.45, 7) is 1.72. The molecule has 2 aromatic heterocycles. The number of carbonyl (C=O) groups excluding carboxylic acids is 4. The van der Waals surface area contributed by atoms with E-state index in [1.807, 2.05) is 0 Å². The number of carbonyl (C=O) groups is 5. The van der Waals surface area contributed by atoms with Gasteiger partial charge in [-0.25, -0.2) is 14.1 Å². The average Bonchev–Trinajstić information content (AvgIpc) is 3.45. The molecule has 21 nitrogen and oxygen atoms in total. The summed E-state index contributed by atoms with van der Waals surface area (Å²) in [6, 6.07) is 3.27. The van der Waals surface area contributed by atoms with Gasteiger partial charge in [0.15, 0.2) is 16.6 Å². The van der Waals surface area contributed by atoms with Gasteiger partial charge in [0.1, 0.15) is 17.4 Å². The molecule has 1 aliphatic rings. The molecular weight excluding hydrogens is 708 g/mol. The first-order valence-corrected chi connectivity index (χ1v) is 16.2. The lowest BCUT2D eigenvalue weighted by Crippen LogP contribution is -2.74. The molecule has 4 amide bonds. The number of nitrogens with zero attached hydrogens (tertiary/aromatic N) is 4. The number of oxime groups is 1. The monoisotopic (exact) mass is 736 g/mol. The van der Waals surface area contributed by atoms with Crippen molar-refractivity contribution in [3.05, 3.63) is 69.1 Å². The standard InChI is InChI=1S/C27H28N8O13S2/c1-27(2,25(42)43)48-33-20(14-11-49-26(28)31-14)23(40)32-21-16(35(24(21)41)50(45,46)47)9-29-19(38)7-12-3-5-13(6-4-12)30-22(39)15-8-17(36)18(37)10-34(15)44/h3-6,8,10-11,16,21,37,44H,7,9H2,1-2H3,(H2,28,31)(H,29,38)(H,30,39)(H,32,40)(H,42,43)(H,45,46,47)/b33-20-/t16-,21+/m1/s1. The van der Waals surface area contributed by atoms with E-state index >= 15 is 0 Å². The fourth-order valence-corrected chi connectivity index (χ4v) is 5.65. The molecule has 1 fully saturated rings. The fourth-order valence-electron chi connectivity index (χ4n) is 4.22. The second-order valence-corrected chi connectivity index (χ2v) is 13.1. The number of hydrogen-bond donors (Lipinski definition) is 8. The number of rotatable bonds is 13. The first-order chi connectivity index (χ1) is 23.3. The highest BCUT2D eigenvalue weighted by atomic mass is 32.2. The van der Waals surface area contributed by atoms with Crippen LogP contribution >= 0.6 is 11.3 Å². The third kappa shape index (κ3) is 8.31. The lowest BCUT2D eigenvalue weighted by Gasteiger charge is -2.44. The molecule has 0 aliphatic carbocycles. The number of aliphatic carboxylic acids is 1. The van der Waals surface area contributed by atoms with Crippen LogP contribution in [0.5, 0.6) is 5.75 Å². The second kappa shape index (κ2) is 14.2. The van der Waals surface area contributed by atoms with Gasteiger partial charge in [-0.3, -0.25) is 28.5 Å². The minimum Gasteiger partial charge on any atom is -0.503 e. The maximum absolute atomic E-state index is 13.2. The zero-order valence-electron chi connectivity index (χ0n) is 25.8. The van der Waals surface area contributed by atoms with Gasteiger partial charge in [0.2, 0.25) is 16.9 Å². The number of carboxylic acids is 1. The van der Waals surface area contributed by atoms with Gasteiger partial charge in [0.25, 0.3) is 17.7 Å². The first-order valence-electron chi connectivity index (χ1n) is 13.9. The molecule has 1 aromatic carbocycles. The van der Waals surface area contributed by atoms with Crippen molar-refractivity contribution in [2.75, 3.05) is 17.6 Å². The normalized spacial score (nSPS) is 16.3. The predicted octanol–water partition coefficient (Wildman–Crippen LogP) is -1.48. The fraction of sp³-hybridized carbons (Fsp3) is 0.259. The summed E-state index contributed by atoms with van der Waals surface area (Å²) < 4.78 is 33.8. The van der Waals surface area contributed by atoms with E-state index in [9.17, 15) is 57.2 Å². The number of pyridine rings is 1.